The maximum absolute atomic E-state index is 5.23. The lowest BCUT2D eigenvalue weighted by Crippen LogP contribution is -2.12. The molecule has 2 heterocycles. The number of hydrogen-bond acceptors (Lipinski definition) is 4. The minimum absolute atomic E-state index is 0.795. The zero-order chi connectivity index (χ0) is 11.2. The Kier molecular flexibility index (Phi) is 3.91. The van der Waals surface area contributed by atoms with Gasteiger partial charge in [-0.1, -0.05) is 6.07 Å². The maximum Gasteiger partial charge on any atom is 0.141 e. The van der Waals surface area contributed by atoms with Gasteiger partial charge < -0.3 is 10.1 Å². The van der Waals surface area contributed by atoms with Crippen LogP contribution in [0.5, 0.6) is 5.75 Å². The highest BCUT2D eigenvalue weighted by molar-refractivity contribution is 7.09. The van der Waals surface area contributed by atoms with Crippen LogP contribution >= 0.6 is 11.3 Å². The topological polar surface area (TPSA) is 34.1 Å². The molecule has 0 bridgehead atoms. The molecule has 0 aliphatic rings. The summed E-state index contributed by atoms with van der Waals surface area (Å²) in [5.74, 6) is 0.834. The van der Waals surface area contributed by atoms with Gasteiger partial charge in [-0.15, -0.1) is 11.3 Å². The molecule has 0 aliphatic carbocycles. The lowest BCUT2D eigenvalue weighted by atomic mass is 10.2. The summed E-state index contributed by atoms with van der Waals surface area (Å²) in [7, 11) is 1.67. The van der Waals surface area contributed by atoms with Crippen molar-refractivity contribution < 1.29 is 4.74 Å². The Bertz CT molecular complexity index is 428. The molecule has 2 rings (SSSR count). The van der Waals surface area contributed by atoms with Gasteiger partial charge in [0.2, 0.25) is 0 Å². The van der Waals surface area contributed by atoms with Crippen LogP contribution in [0.1, 0.15) is 10.4 Å². The van der Waals surface area contributed by atoms with Gasteiger partial charge in [-0.3, -0.25) is 4.98 Å². The van der Waals surface area contributed by atoms with Gasteiger partial charge in [0, 0.05) is 29.7 Å². The van der Waals surface area contributed by atoms with Crippen LogP contribution in [-0.2, 0) is 13.1 Å². The van der Waals surface area contributed by atoms with Crippen LogP contribution in [0, 0.1) is 0 Å². The maximum atomic E-state index is 5.23. The summed E-state index contributed by atoms with van der Waals surface area (Å²) in [5.41, 5.74) is 1.13. The van der Waals surface area contributed by atoms with Crippen LogP contribution in [0.3, 0.4) is 0 Å². The Hall–Kier alpha value is -1.39. The third-order valence-electron chi connectivity index (χ3n) is 2.28. The molecule has 1 N–H and O–H groups in total. The zero-order valence-electron chi connectivity index (χ0n) is 9.14. The number of ether oxygens (including phenoxy) is 1. The van der Waals surface area contributed by atoms with Crippen LogP contribution in [0.2, 0.25) is 0 Å². The van der Waals surface area contributed by atoms with Gasteiger partial charge in [-0.2, -0.15) is 0 Å². The second kappa shape index (κ2) is 5.63. The average molecular weight is 234 g/mol. The SMILES string of the molecule is COc1cnccc1CNCc1cccs1. The summed E-state index contributed by atoms with van der Waals surface area (Å²) in [6.07, 6.45) is 3.52. The molecule has 0 amide bonds. The standard InChI is InChI=1S/C12H14N2OS/c1-15-12-9-13-5-4-10(12)7-14-8-11-3-2-6-16-11/h2-6,9,14H,7-8H2,1H3. The number of rotatable bonds is 5. The smallest absolute Gasteiger partial charge is 0.141 e. The molecule has 16 heavy (non-hydrogen) atoms. The summed E-state index contributed by atoms with van der Waals surface area (Å²) in [5, 5.41) is 5.47. The number of nitrogens with one attached hydrogen (secondary N) is 1. The first-order chi connectivity index (χ1) is 7.90. The Morgan fingerprint density at radius 1 is 1.38 bits per heavy atom. The Morgan fingerprint density at radius 2 is 2.31 bits per heavy atom. The average Bonchev–Trinajstić information content (AvgIpc) is 2.83. The van der Waals surface area contributed by atoms with Crippen molar-refractivity contribution in [1.82, 2.24) is 10.3 Å². The van der Waals surface area contributed by atoms with Crippen molar-refractivity contribution in [2.45, 2.75) is 13.1 Å². The van der Waals surface area contributed by atoms with Crippen LogP contribution in [0.15, 0.2) is 36.0 Å². The van der Waals surface area contributed by atoms with Crippen LogP contribution < -0.4 is 10.1 Å². The molecule has 0 aliphatic heterocycles. The first kappa shape index (κ1) is 11.1. The van der Waals surface area contributed by atoms with E-state index in [1.54, 1.807) is 30.8 Å². The van der Waals surface area contributed by atoms with Crippen molar-refractivity contribution in [3.8, 4) is 5.75 Å². The van der Waals surface area contributed by atoms with Crippen LogP contribution in [0.25, 0.3) is 0 Å². The van der Waals surface area contributed by atoms with E-state index < -0.39 is 0 Å². The normalized spacial score (nSPS) is 10.3. The van der Waals surface area contributed by atoms with Crippen molar-refractivity contribution in [2.24, 2.45) is 0 Å². The summed E-state index contributed by atoms with van der Waals surface area (Å²) in [4.78, 5) is 5.36. The molecule has 0 unspecified atom stereocenters. The molecular weight excluding hydrogens is 220 g/mol. The predicted molar refractivity (Wildman–Crippen MR) is 65.7 cm³/mol. The monoisotopic (exact) mass is 234 g/mol. The molecule has 2 aromatic heterocycles. The van der Waals surface area contributed by atoms with Gasteiger partial charge in [0.25, 0.3) is 0 Å². The quantitative estimate of drug-likeness (QED) is 0.862. The predicted octanol–water partition coefficient (Wildman–Crippen LogP) is 2.44. The molecule has 2 aromatic rings. The fourth-order valence-corrected chi connectivity index (χ4v) is 2.15. The van der Waals surface area contributed by atoms with Crippen molar-refractivity contribution in [1.29, 1.82) is 0 Å². The molecule has 0 saturated heterocycles. The number of aromatic nitrogens is 1. The Balaban J connectivity index is 1.89. The van der Waals surface area contributed by atoms with Crippen LogP contribution in [-0.4, -0.2) is 12.1 Å². The second-order valence-corrected chi connectivity index (χ2v) is 4.40. The molecule has 0 fully saturated rings. The summed E-state index contributed by atoms with van der Waals surface area (Å²) < 4.78 is 5.23. The van der Waals surface area contributed by atoms with Crippen molar-refractivity contribution in [3.05, 3.63) is 46.4 Å². The highest BCUT2D eigenvalue weighted by Gasteiger charge is 2.01. The number of methoxy groups -OCH3 is 1. The fraction of sp³-hybridized carbons (Fsp3) is 0.250. The fourth-order valence-electron chi connectivity index (χ4n) is 1.47. The van der Waals surface area contributed by atoms with Gasteiger partial charge in [-0.05, 0) is 17.5 Å². The third-order valence-corrected chi connectivity index (χ3v) is 3.16. The first-order valence-electron chi connectivity index (χ1n) is 5.10. The number of hydrogen-bond donors (Lipinski definition) is 1. The van der Waals surface area contributed by atoms with E-state index in [0.717, 1.165) is 24.4 Å². The number of thiophene rings is 1. The lowest BCUT2D eigenvalue weighted by molar-refractivity contribution is 0.405. The molecule has 84 valence electrons. The molecule has 3 nitrogen and oxygen atoms in total. The van der Waals surface area contributed by atoms with Crippen molar-refractivity contribution in [2.75, 3.05) is 7.11 Å². The summed E-state index contributed by atoms with van der Waals surface area (Å²) >= 11 is 1.76. The summed E-state index contributed by atoms with van der Waals surface area (Å²) in [6.45, 7) is 1.69. The minimum atomic E-state index is 0.795. The van der Waals surface area contributed by atoms with E-state index in [1.165, 1.54) is 4.88 Å². The van der Waals surface area contributed by atoms with E-state index in [4.69, 9.17) is 4.74 Å². The third kappa shape index (κ3) is 2.81. The zero-order valence-corrected chi connectivity index (χ0v) is 9.96. The van der Waals surface area contributed by atoms with E-state index in [1.807, 2.05) is 6.07 Å². The van der Waals surface area contributed by atoms with E-state index in [-0.39, 0.29) is 0 Å². The molecule has 0 spiro atoms. The minimum Gasteiger partial charge on any atom is -0.495 e. The second-order valence-electron chi connectivity index (χ2n) is 3.37. The number of nitrogens with zero attached hydrogens (tertiary/aromatic N) is 1. The van der Waals surface area contributed by atoms with Gasteiger partial charge >= 0.3 is 0 Å². The van der Waals surface area contributed by atoms with Crippen molar-refractivity contribution in [3.63, 3.8) is 0 Å². The van der Waals surface area contributed by atoms with Gasteiger partial charge in [0.1, 0.15) is 5.75 Å². The lowest BCUT2D eigenvalue weighted by Gasteiger charge is -2.07. The molecule has 0 saturated carbocycles. The van der Waals surface area contributed by atoms with Gasteiger partial charge in [0.15, 0.2) is 0 Å². The first-order valence-corrected chi connectivity index (χ1v) is 5.98. The van der Waals surface area contributed by atoms with E-state index >= 15 is 0 Å². The molecular formula is C12H14N2OS. The molecule has 0 radical (unpaired) electrons. The van der Waals surface area contributed by atoms with Crippen LogP contribution in [0.4, 0.5) is 0 Å². The van der Waals surface area contributed by atoms with Crippen molar-refractivity contribution >= 4 is 11.3 Å². The Labute approximate surface area is 99.1 Å². The number of pyridine rings is 1. The molecule has 0 atom stereocenters. The molecule has 0 aromatic carbocycles. The highest BCUT2D eigenvalue weighted by Crippen LogP contribution is 2.15. The largest absolute Gasteiger partial charge is 0.495 e. The summed E-state index contributed by atoms with van der Waals surface area (Å²) in [6, 6.07) is 6.16. The van der Waals surface area contributed by atoms with E-state index in [0.29, 0.717) is 0 Å². The van der Waals surface area contributed by atoms with E-state index in [9.17, 15) is 0 Å². The molecule has 4 heteroatoms. The Morgan fingerprint density at radius 3 is 3.06 bits per heavy atom. The highest BCUT2D eigenvalue weighted by atomic mass is 32.1. The van der Waals surface area contributed by atoms with Gasteiger partial charge in [0.05, 0.1) is 13.3 Å². The van der Waals surface area contributed by atoms with Gasteiger partial charge in [-0.25, -0.2) is 0 Å². The van der Waals surface area contributed by atoms with E-state index in [2.05, 4.69) is 27.8 Å².